The molecule has 0 saturated heterocycles. The topological polar surface area (TPSA) is 29.4 Å². The van der Waals surface area contributed by atoms with Gasteiger partial charge in [-0.2, -0.15) is 4.40 Å². The molecule has 1 atom stereocenters. The first kappa shape index (κ1) is 10.8. The molecule has 15 heavy (non-hydrogen) atoms. The Bertz CT molecular complexity index is 440. The summed E-state index contributed by atoms with van der Waals surface area (Å²) in [5, 5.41) is 0.446. The molecule has 0 fully saturated rings. The van der Waals surface area contributed by atoms with Gasteiger partial charge in [-0.25, -0.2) is 4.21 Å². The summed E-state index contributed by atoms with van der Waals surface area (Å²) in [5.41, 5.74) is 0.502. The molecule has 0 aliphatic rings. The molecule has 0 heterocycles. The first-order valence-electron chi connectivity index (χ1n) is 5.04. The molecule has 0 saturated carbocycles. The van der Waals surface area contributed by atoms with E-state index in [1.165, 1.54) is 0 Å². The van der Waals surface area contributed by atoms with Gasteiger partial charge in [0, 0.05) is 16.8 Å². The molecule has 4 heteroatoms. The fourth-order valence-electron chi connectivity index (χ4n) is 0.779. The third-order valence-electron chi connectivity index (χ3n) is 1.65. The van der Waals surface area contributed by atoms with Crippen LogP contribution in [0.1, 0.15) is 27.7 Å². The van der Waals surface area contributed by atoms with Crippen molar-refractivity contribution in [1.82, 2.24) is 0 Å². The number of benzene rings is 1. The molecule has 0 N–H and O–H groups in total. The second-order valence-electron chi connectivity index (χ2n) is 4.04. The average Bonchev–Trinajstić information content (AvgIpc) is 2.16. The van der Waals surface area contributed by atoms with Crippen LogP contribution < -0.4 is 0 Å². The van der Waals surface area contributed by atoms with Crippen LogP contribution in [0.4, 0.5) is 0 Å². The number of rotatable bonds is 2. The number of halogens is 1. The molecular weight excluding hydrogens is 230 g/mol. The minimum absolute atomic E-state index is 0.0427. The van der Waals surface area contributed by atoms with Gasteiger partial charge < -0.3 is 0 Å². The minimum atomic E-state index is -1.43. The molecule has 1 aromatic rings. The summed E-state index contributed by atoms with van der Waals surface area (Å²) in [6.45, 7) is 5.44. The Morgan fingerprint density at radius 2 is 2.07 bits per heavy atom. The first-order valence-corrected chi connectivity index (χ1v) is 6.03. The number of hydrogen-bond acceptors (Lipinski definition) is 1. The van der Waals surface area contributed by atoms with Crippen molar-refractivity contribution in [2.24, 2.45) is 4.40 Å². The Labute approximate surface area is 99.4 Å². The van der Waals surface area contributed by atoms with Crippen LogP contribution in [-0.4, -0.2) is 15.1 Å². The van der Waals surface area contributed by atoms with Gasteiger partial charge in [0.15, 0.2) is 0 Å². The normalized spacial score (nSPS) is 16.0. The van der Waals surface area contributed by atoms with E-state index < -0.39 is 15.7 Å². The van der Waals surface area contributed by atoms with Gasteiger partial charge >= 0.3 is 0 Å². The molecule has 0 bridgehead atoms. The average molecular weight is 245 g/mol. The van der Waals surface area contributed by atoms with Gasteiger partial charge in [-0.15, -0.1) is 0 Å². The quantitative estimate of drug-likeness (QED) is 0.735. The van der Waals surface area contributed by atoms with Crippen molar-refractivity contribution >= 4 is 28.8 Å². The lowest BCUT2D eigenvalue weighted by molar-refractivity contribution is 0.651. The molecule has 0 amide bonds. The molecule has 1 unspecified atom stereocenters. The Morgan fingerprint density at radius 3 is 2.60 bits per heavy atom. The Hall–Kier alpha value is -0.670. The first-order chi connectivity index (χ1) is 7.32. The van der Waals surface area contributed by atoms with Crippen molar-refractivity contribution in [2.45, 2.75) is 25.5 Å². The predicted molar refractivity (Wildman–Crippen MR) is 66.9 cm³/mol. The monoisotopic (exact) mass is 244 g/mol. The minimum Gasteiger partial charge on any atom is -0.234 e. The third-order valence-corrected chi connectivity index (χ3v) is 3.28. The van der Waals surface area contributed by atoms with E-state index in [-0.39, 0.29) is 6.19 Å². The lowest BCUT2D eigenvalue weighted by Crippen LogP contribution is -2.19. The van der Waals surface area contributed by atoms with Crippen LogP contribution in [0.2, 0.25) is 5.02 Å². The fraction of sp³-hybridized carbons (Fsp3) is 0.364. The second-order valence-corrected chi connectivity index (χ2v) is 6.36. The highest BCUT2D eigenvalue weighted by atomic mass is 35.5. The molecule has 1 aromatic carbocycles. The Kier molecular flexibility index (Phi) is 3.54. The van der Waals surface area contributed by atoms with E-state index in [4.69, 9.17) is 13.0 Å². The standard InChI is InChI=1S/C11H14ClNOS/c1-11(2,3)15(14)13-8-9-6-4-5-7-10(9)12/h4-8H,1-3H3/b13-8+/i8D. The molecule has 0 aliphatic heterocycles. The maximum atomic E-state index is 11.7. The highest BCUT2D eigenvalue weighted by Crippen LogP contribution is 2.15. The lowest BCUT2D eigenvalue weighted by atomic mass is 10.2. The Balaban J connectivity index is 3.04. The smallest absolute Gasteiger partial charge is 0.144 e. The van der Waals surface area contributed by atoms with E-state index in [1.54, 1.807) is 24.3 Å². The van der Waals surface area contributed by atoms with Crippen LogP contribution in [0.25, 0.3) is 0 Å². The number of hydrogen-bond donors (Lipinski definition) is 0. The van der Waals surface area contributed by atoms with Crippen molar-refractivity contribution in [3.05, 3.63) is 34.9 Å². The van der Waals surface area contributed by atoms with E-state index in [0.29, 0.717) is 10.6 Å². The van der Waals surface area contributed by atoms with Gasteiger partial charge in [-0.1, -0.05) is 29.8 Å². The van der Waals surface area contributed by atoms with Gasteiger partial charge in [-0.05, 0) is 26.8 Å². The highest BCUT2D eigenvalue weighted by molar-refractivity contribution is 7.85. The zero-order chi connectivity index (χ0) is 12.3. The van der Waals surface area contributed by atoms with Crippen LogP contribution in [-0.2, 0) is 11.0 Å². The van der Waals surface area contributed by atoms with Crippen LogP contribution in [0.5, 0.6) is 0 Å². The molecular formula is C11H14ClNOS. The molecule has 0 aromatic heterocycles. The van der Waals surface area contributed by atoms with E-state index in [1.807, 2.05) is 20.8 Å². The van der Waals surface area contributed by atoms with Gasteiger partial charge in [0.2, 0.25) is 0 Å². The zero-order valence-corrected chi connectivity index (χ0v) is 10.5. The van der Waals surface area contributed by atoms with Crippen LogP contribution in [0.15, 0.2) is 28.7 Å². The summed E-state index contributed by atoms with van der Waals surface area (Å²) in [6.07, 6.45) is -0.0427. The summed E-state index contributed by atoms with van der Waals surface area (Å²) in [7, 11) is -1.43. The van der Waals surface area contributed by atoms with Crippen molar-refractivity contribution < 1.29 is 5.58 Å². The molecule has 82 valence electrons. The van der Waals surface area contributed by atoms with E-state index in [0.717, 1.165) is 0 Å². The van der Waals surface area contributed by atoms with Crippen LogP contribution in [0, 0.1) is 0 Å². The van der Waals surface area contributed by atoms with Crippen molar-refractivity contribution in [2.75, 3.05) is 0 Å². The van der Waals surface area contributed by atoms with Gasteiger partial charge in [0.05, 0.1) is 6.12 Å². The van der Waals surface area contributed by atoms with Crippen molar-refractivity contribution in [3.63, 3.8) is 0 Å². The van der Waals surface area contributed by atoms with Gasteiger partial charge in [-0.3, -0.25) is 0 Å². The van der Waals surface area contributed by atoms with Gasteiger partial charge in [0.1, 0.15) is 11.0 Å². The molecule has 2 nitrogen and oxygen atoms in total. The molecule has 0 spiro atoms. The van der Waals surface area contributed by atoms with Crippen molar-refractivity contribution in [1.29, 1.82) is 0 Å². The largest absolute Gasteiger partial charge is 0.234 e. The fourth-order valence-corrected chi connectivity index (χ4v) is 1.41. The van der Waals surface area contributed by atoms with E-state index in [9.17, 15) is 4.21 Å². The summed E-state index contributed by atoms with van der Waals surface area (Å²) in [5.74, 6) is 0. The molecule has 0 radical (unpaired) electrons. The van der Waals surface area contributed by atoms with Crippen LogP contribution in [0.3, 0.4) is 0 Å². The lowest BCUT2D eigenvalue weighted by Gasteiger charge is -2.12. The van der Waals surface area contributed by atoms with E-state index >= 15 is 0 Å². The molecule has 0 aliphatic carbocycles. The van der Waals surface area contributed by atoms with Crippen molar-refractivity contribution in [3.8, 4) is 0 Å². The van der Waals surface area contributed by atoms with Gasteiger partial charge in [0.25, 0.3) is 0 Å². The third kappa shape index (κ3) is 3.76. The Morgan fingerprint density at radius 1 is 1.47 bits per heavy atom. The molecule has 1 rings (SSSR count). The highest BCUT2D eigenvalue weighted by Gasteiger charge is 2.18. The maximum Gasteiger partial charge on any atom is 0.144 e. The summed E-state index contributed by atoms with van der Waals surface area (Å²) in [4.78, 5) is 0. The maximum absolute atomic E-state index is 11.7. The SMILES string of the molecule is [2H]/C(=N\S(=O)C(C)(C)C)c1ccccc1Cl. The summed E-state index contributed by atoms with van der Waals surface area (Å²) in [6, 6.07) is 6.92. The van der Waals surface area contributed by atoms with Crippen LogP contribution >= 0.6 is 11.6 Å². The summed E-state index contributed by atoms with van der Waals surface area (Å²) >= 11 is 5.92. The second kappa shape index (κ2) is 4.90. The predicted octanol–water partition coefficient (Wildman–Crippen LogP) is 3.22. The van der Waals surface area contributed by atoms with E-state index in [2.05, 4.69) is 4.40 Å². The zero-order valence-electron chi connectivity index (χ0n) is 9.95. The summed E-state index contributed by atoms with van der Waals surface area (Å²) < 4.78 is 22.8. The number of nitrogens with zero attached hydrogens (tertiary/aromatic N) is 1.